The topological polar surface area (TPSA) is 49.6 Å². The Kier molecular flexibility index (Phi) is 4.06. The van der Waals surface area contributed by atoms with Crippen LogP contribution in [0.15, 0.2) is 52.0 Å². The van der Waals surface area contributed by atoms with E-state index in [1.165, 1.54) is 10.8 Å². The van der Waals surface area contributed by atoms with Crippen LogP contribution < -0.4 is 10.7 Å². The van der Waals surface area contributed by atoms with E-state index in [9.17, 15) is 0 Å². The Morgan fingerprint density at radius 1 is 1.18 bits per heavy atom. The summed E-state index contributed by atoms with van der Waals surface area (Å²) in [5, 5.41) is 11.2. The summed E-state index contributed by atoms with van der Waals surface area (Å²) in [6.07, 6.45) is 0. The highest BCUT2D eigenvalue weighted by Crippen LogP contribution is 2.28. The first-order chi connectivity index (χ1) is 10.7. The molecule has 112 valence electrons. The molecule has 0 radical (unpaired) electrons. The molecule has 0 saturated carbocycles. The van der Waals surface area contributed by atoms with Gasteiger partial charge in [0, 0.05) is 11.9 Å². The Balaban J connectivity index is 1.96. The molecule has 2 N–H and O–H groups in total. The van der Waals surface area contributed by atoms with Crippen molar-refractivity contribution < 1.29 is 4.42 Å². The number of fused-ring (bicyclic) bond motifs is 3. The van der Waals surface area contributed by atoms with Crippen molar-refractivity contribution in [2.45, 2.75) is 13.8 Å². The maximum absolute atomic E-state index is 5.90. The normalized spacial score (nSPS) is 11.8. The third-order valence-corrected chi connectivity index (χ3v) is 3.68. The molecular weight excluding hydrogens is 294 g/mol. The maximum Gasteiger partial charge on any atom is 0.186 e. The van der Waals surface area contributed by atoms with Crippen LogP contribution in [0.2, 0.25) is 0 Å². The number of nitrogens with one attached hydrogen (secondary N) is 2. The van der Waals surface area contributed by atoms with E-state index >= 15 is 0 Å². The molecule has 1 heterocycles. The van der Waals surface area contributed by atoms with Gasteiger partial charge < -0.3 is 9.73 Å². The lowest BCUT2D eigenvalue weighted by Gasteiger charge is -2.03. The monoisotopic (exact) mass is 311 g/mol. The second-order valence-electron chi connectivity index (χ2n) is 4.98. The Hall–Kier alpha value is -2.40. The van der Waals surface area contributed by atoms with Gasteiger partial charge in [0.2, 0.25) is 0 Å². The molecule has 5 heteroatoms. The Morgan fingerprint density at radius 2 is 2.00 bits per heavy atom. The first kappa shape index (κ1) is 14.5. The minimum atomic E-state index is 0.503. The summed E-state index contributed by atoms with van der Waals surface area (Å²) < 4.78 is 5.90. The molecule has 2 aromatic carbocycles. The Labute approximate surface area is 134 Å². The van der Waals surface area contributed by atoms with E-state index in [0.29, 0.717) is 5.11 Å². The lowest BCUT2D eigenvalue weighted by atomic mass is 10.1. The quantitative estimate of drug-likeness (QED) is 0.439. The smallest absolute Gasteiger partial charge is 0.186 e. The molecule has 0 aliphatic rings. The molecule has 0 aliphatic carbocycles. The predicted octanol–water partition coefficient (Wildman–Crippen LogP) is 3.79. The molecule has 3 rings (SSSR count). The van der Waals surface area contributed by atoms with Crippen LogP contribution in [-0.2, 0) is 0 Å². The minimum absolute atomic E-state index is 0.503. The molecule has 0 spiro atoms. The highest BCUT2D eigenvalue weighted by Gasteiger charge is 2.09. The lowest BCUT2D eigenvalue weighted by molar-refractivity contribution is 0.603. The van der Waals surface area contributed by atoms with Crippen LogP contribution in [0.25, 0.3) is 21.7 Å². The number of furan rings is 1. The van der Waals surface area contributed by atoms with Gasteiger partial charge in [0.1, 0.15) is 11.3 Å². The van der Waals surface area contributed by atoms with E-state index < -0.39 is 0 Å². The van der Waals surface area contributed by atoms with Crippen LogP contribution in [-0.4, -0.2) is 17.4 Å². The molecular formula is C17H17N3OS. The SMILES string of the molecule is CCNC(=S)N/N=C(/C)c1cc2c(ccc3ccccc32)o1. The van der Waals surface area contributed by atoms with Crippen LogP contribution in [0.3, 0.4) is 0 Å². The van der Waals surface area contributed by atoms with Crippen LogP contribution in [0.4, 0.5) is 0 Å². The van der Waals surface area contributed by atoms with Crippen molar-refractivity contribution in [1.29, 1.82) is 0 Å². The number of hydrazone groups is 1. The van der Waals surface area contributed by atoms with E-state index in [-0.39, 0.29) is 0 Å². The predicted molar refractivity (Wildman–Crippen MR) is 95.3 cm³/mol. The Morgan fingerprint density at radius 3 is 2.82 bits per heavy atom. The van der Waals surface area contributed by atoms with Gasteiger partial charge in [0.15, 0.2) is 10.9 Å². The zero-order valence-electron chi connectivity index (χ0n) is 12.5. The minimum Gasteiger partial charge on any atom is -0.455 e. The molecule has 4 nitrogen and oxygen atoms in total. The lowest BCUT2D eigenvalue weighted by Crippen LogP contribution is -2.32. The summed E-state index contributed by atoms with van der Waals surface area (Å²) in [6.45, 7) is 4.63. The highest BCUT2D eigenvalue weighted by atomic mass is 32.1. The summed E-state index contributed by atoms with van der Waals surface area (Å²) in [7, 11) is 0. The molecule has 0 fully saturated rings. The fourth-order valence-corrected chi connectivity index (χ4v) is 2.55. The van der Waals surface area contributed by atoms with E-state index in [2.05, 4.69) is 34.0 Å². The van der Waals surface area contributed by atoms with Crippen molar-refractivity contribution in [3.63, 3.8) is 0 Å². The standard InChI is InChI=1S/C17H17N3OS/c1-3-18-17(22)20-19-11(2)16-10-14-13-7-5-4-6-12(13)8-9-15(14)21-16/h4-10H,3H2,1-2H3,(H2,18,20,22)/b19-11-. The molecule has 0 saturated heterocycles. The van der Waals surface area contributed by atoms with Gasteiger partial charge in [-0.3, -0.25) is 5.43 Å². The van der Waals surface area contributed by atoms with Gasteiger partial charge in [0.25, 0.3) is 0 Å². The first-order valence-corrected chi connectivity index (χ1v) is 7.59. The first-order valence-electron chi connectivity index (χ1n) is 7.19. The van der Waals surface area contributed by atoms with Crippen molar-refractivity contribution >= 4 is 44.8 Å². The van der Waals surface area contributed by atoms with Gasteiger partial charge >= 0.3 is 0 Å². The molecule has 0 aliphatic heterocycles. The number of benzene rings is 2. The van der Waals surface area contributed by atoms with Crippen molar-refractivity contribution in [2.75, 3.05) is 6.54 Å². The molecule has 0 bridgehead atoms. The van der Waals surface area contributed by atoms with Crippen molar-refractivity contribution in [3.05, 3.63) is 48.2 Å². The third-order valence-electron chi connectivity index (χ3n) is 3.45. The van der Waals surface area contributed by atoms with Gasteiger partial charge in [-0.2, -0.15) is 5.10 Å². The largest absolute Gasteiger partial charge is 0.455 e. The van der Waals surface area contributed by atoms with E-state index in [1.807, 2.05) is 38.1 Å². The third kappa shape index (κ3) is 2.80. The summed E-state index contributed by atoms with van der Waals surface area (Å²) in [4.78, 5) is 0. The van der Waals surface area contributed by atoms with Crippen LogP contribution in [0.5, 0.6) is 0 Å². The van der Waals surface area contributed by atoms with Gasteiger partial charge in [-0.15, -0.1) is 0 Å². The number of nitrogens with zero attached hydrogens (tertiary/aromatic N) is 1. The van der Waals surface area contributed by atoms with Gasteiger partial charge in [0.05, 0.1) is 0 Å². The van der Waals surface area contributed by atoms with Gasteiger partial charge in [-0.05, 0) is 49.0 Å². The number of hydrogen-bond acceptors (Lipinski definition) is 3. The average Bonchev–Trinajstić information content (AvgIpc) is 2.97. The number of hydrogen-bond donors (Lipinski definition) is 2. The van der Waals surface area contributed by atoms with Crippen LogP contribution in [0.1, 0.15) is 19.6 Å². The summed E-state index contributed by atoms with van der Waals surface area (Å²) in [5.41, 5.74) is 4.42. The van der Waals surface area contributed by atoms with Gasteiger partial charge in [-0.25, -0.2) is 0 Å². The second-order valence-corrected chi connectivity index (χ2v) is 5.39. The van der Waals surface area contributed by atoms with E-state index in [4.69, 9.17) is 16.6 Å². The molecule has 0 atom stereocenters. The molecule has 0 unspecified atom stereocenters. The summed E-state index contributed by atoms with van der Waals surface area (Å²) in [5.74, 6) is 0.734. The molecule has 1 aromatic heterocycles. The molecule has 22 heavy (non-hydrogen) atoms. The van der Waals surface area contributed by atoms with Crippen molar-refractivity contribution in [2.24, 2.45) is 5.10 Å². The van der Waals surface area contributed by atoms with Gasteiger partial charge in [-0.1, -0.05) is 30.3 Å². The number of rotatable bonds is 3. The van der Waals surface area contributed by atoms with E-state index in [0.717, 1.165) is 29.0 Å². The number of thiocarbonyl (C=S) groups is 1. The van der Waals surface area contributed by atoms with Crippen molar-refractivity contribution in [1.82, 2.24) is 10.7 Å². The molecule has 3 aromatic rings. The average molecular weight is 311 g/mol. The zero-order chi connectivity index (χ0) is 15.5. The molecule has 0 amide bonds. The van der Waals surface area contributed by atoms with Crippen LogP contribution in [0, 0.1) is 0 Å². The van der Waals surface area contributed by atoms with Crippen molar-refractivity contribution in [3.8, 4) is 0 Å². The fraction of sp³-hybridized carbons (Fsp3) is 0.176. The summed E-state index contributed by atoms with van der Waals surface area (Å²) >= 11 is 5.09. The Bertz CT molecular complexity index is 867. The fourth-order valence-electron chi connectivity index (χ4n) is 2.36. The maximum atomic E-state index is 5.90. The van der Waals surface area contributed by atoms with E-state index in [1.54, 1.807) is 0 Å². The zero-order valence-corrected chi connectivity index (χ0v) is 13.3. The second kappa shape index (κ2) is 6.15. The van der Waals surface area contributed by atoms with Crippen LogP contribution >= 0.6 is 12.2 Å². The summed E-state index contributed by atoms with van der Waals surface area (Å²) in [6, 6.07) is 14.3. The highest BCUT2D eigenvalue weighted by molar-refractivity contribution is 7.80.